The molecule has 2 rings (SSSR count). The number of ether oxygens (including phenoxy) is 1. The fourth-order valence-corrected chi connectivity index (χ4v) is 2.79. The second-order valence-electron chi connectivity index (χ2n) is 4.98. The van der Waals surface area contributed by atoms with Gasteiger partial charge < -0.3 is 9.84 Å². The lowest BCUT2D eigenvalue weighted by Crippen LogP contribution is -2.30. The number of aromatic nitrogens is 1. The van der Waals surface area contributed by atoms with Crippen LogP contribution in [0.4, 0.5) is 0 Å². The first kappa shape index (κ1) is 13.3. The van der Waals surface area contributed by atoms with Crippen molar-refractivity contribution in [2.75, 3.05) is 6.61 Å². The van der Waals surface area contributed by atoms with Crippen LogP contribution in [0.15, 0.2) is 18.2 Å². The van der Waals surface area contributed by atoms with Crippen molar-refractivity contribution in [2.45, 2.75) is 39.2 Å². The first-order valence-electron chi connectivity index (χ1n) is 6.17. The highest BCUT2D eigenvalue weighted by Crippen LogP contribution is 2.35. The first-order valence-corrected chi connectivity index (χ1v) is 6.98. The van der Waals surface area contributed by atoms with Crippen molar-refractivity contribution in [2.24, 2.45) is 0 Å². The van der Waals surface area contributed by atoms with Crippen molar-refractivity contribution in [3.05, 3.63) is 23.2 Å². The molecule has 1 aromatic carbocycles. The summed E-state index contributed by atoms with van der Waals surface area (Å²) in [4.78, 5) is 4.61. The SMILES string of the molecule is CCOc1ccc2nc(C(C)(C)C(C)O)sc2c1. The Morgan fingerprint density at radius 3 is 2.78 bits per heavy atom. The summed E-state index contributed by atoms with van der Waals surface area (Å²) in [6.07, 6.45) is -0.426. The number of benzene rings is 1. The van der Waals surface area contributed by atoms with Crippen LogP contribution in [-0.2, 0) is 5.41 Å². The van der Waals surface area contributed by atoms with E-state index in [9.17, 15) is 5.11 Å². The average Bonchev–Trinajstić information content (AvgIpc) is 2.72. The minimum Gasteiger partial charge on any atom is -0.494 e. The van der Waals surface area contributed by atoms with Crippen LogP contribution in [0.5, 0.6) is 5.75 Å². The molecule has 0 bridgehead atoms. The molecule has 0 spiro atoms. The average molecular weight is 265 g/mol. The molecular weight excluding hydrogens is 246 g/mol. The Morgan fingerprint density at radius 1 is 1.44 bits per heavy atom. The molecule has 1 unspecified atom stereocenters. The summed E-state index contributed by atoms with van der Waals surface area (Å²) in [6.45, 7) is 8.46. The molecule has 0 aliphatic heterocycles. The highest BCUT2D eigenvalue weighted by Gasteiger charge is 2.30. The summed E-state index contributed by atoms with van der Waals surface area (Å²) in [7, 11) is 0. The smallest absolute Gasteiger partial charge is 0.120 e. The molecule has 0 radical (unpaired) electrons. The fourth-order valence-electron chi connectivity index (χ4n) is 1.62. The van der Waals surface area contributed by atoms with Crippen LogP contribution >= 0.6 is 11.3 Å². The predicted molar refractivity (Wildman–Crippen MR) is 75.5 cm³/mol. The van der Waals surface area contributed by atoms with Crippen LogP contribution in [0.25, 0.3) is 10.2 Å². The van der Waals surface area contributed by atoms with Gasteiger partial charge in [-0.25, -0.2) is 4.98 Å². The van der Waals surface area contributed by atoms with Crippen molar-refractivity contribution in [3.8, 4) is 5.75 Å². The van der Waals surface area contributed by atoms with E-state index in [1.54, 1.807) is 18.3 Å². The van der Waals surface area contributed by atoms with Crippen molar-refractivity contribution in [3.63, 3.8) is 0 Å². The zero-order valence-corrected chi connectivity index (χ0v) is 12.0. The van der Waals surface area contributed by atoms with E-state index in [4.69, 9.17) is 4.74 Å². The number of hydrogen-bond donors (Lipinski definition) is 1. The molecule has 0 saturated heterocycles. The van der Waals surface area contributed by atoms with Gasteiger partial charge in [0, 0.05) is 5.41 Å². The Kier molecular flexibility index (Phi) is 3.59. The van der Waals surface area contributed by atoms with Gasteiger partial charge in [-0.05, 0) is 32.0 Å². The predicted octanol–water partition coefficient (Wildman–Crippen LogP) is 3.35. The number of aliphatic hydroxyl groups excluding tert-OH is 1. The maximum absolute atomic E-state index is 9.84. The number of thiazole rings is 1. The molecule has 18 heavy (non-hydrogen) atoms. The molecule has 1 aromatic heterocycles. The minimum absolute atomic E-state index is 0.324. The van der Waals surface area contributed by atoms with Crippen molar-refractivity contribution in [1.82, 2.24) is 4.98 Å². The molecule has 1 N–H and O–H groups in total. The van der Waals surface area contributed by atoms with E-state index in [2.05, 4.69) is 4.98 Å². The molecular formula is C14H19NO2S. The second kappa shape index (κ2) is 4.86. The fraction of sp³-hybridized carbons (Fsp3) is 0.500. The summed E-state index contributed by atoms with van der Waals surface area (Å²) in [6, 6.07) is 5.92. The maximum Gasteiger partial charge on any atom is 0.120 e. The quantitative estimate of drug-likeness (QED) is 0.921. The number of aliphatic hydroxyl groups is 1. The van der Waals surface area contributed by atoms with E-state index in [1.807, 2.05) is 39.0 Å². The largest absolute Gasteiger partial charge is 0.494 e. The lowest BCUT2D eigenvalue weighted by atomic mass is 9.88. The van der Waals surface area contributed by atoms with Gasteiger partial charge in [0.1, 0.15) is 10.8 Å². The topological polar surface area (TPSA) is 42.4 Å². The van der Waals surface area contributed by atoms with Gasteiger partial charge >= 0.3 is 0 Å². The highest BCUT2D eigenvalue weighted by molar-refractivity contribution is 7.18. The Bertz CT molecular complexity index is 546. The summed E-state index contributed by atoms with van der Waals surface area (Å²) in [5.41, 5.74) is 0.641. The molecule has 1 heterocycles. The van der Waals surface area contributed by atoms with Crippen molar-refractivity contribution in [1.29, 1.82) is 0 Å². The Labute approximate surface area is 111 Å². The maximum atomic E-state index is 9.84. The van der Waals surface area contributed by atoms with Crippen LogP contribution in [0.3, 0.4) is 0 Å². The molecule has 0 aliphatic rings. The van der Waals surface area contributed by atoms with Crippen molar-refractivity contribution < 1.29 is 9.84 Å². The normalized spacial score (nSPS) is 13.8. The number of fused-ring (bicyclic) bond motifs is 1. The van der Waals surface area contributed by atoms with E-state index in [-0.39, 0.29) is 5.41 Å². The standard InChI is InChI=1S/C14H19NO2S/c1-5-17-10-6-7-11-12(8-10)18-13(15-11)14(3,4)9(2)16/h6-9,16H,5H2,1-4H3. The number of hydrogen-bond acceptors (Lipinski definition) is 4. The van der Waals surface area contributed by atoms with Gasteiger partial charge in [0.15, 0.2) is 0 Å². The Hall–Kier alpha value is -1.13. The van der Waals surface area contributed by atoms with Gasteiger partial charge in [-0.1, -0.05) is 13.8 Å². The third kappa shape index (κ3) is 2.35. The van der Waals surface area contributed by atoms with Gasteiger partial charge in [0.05, 0.1) is 22.9 Å². The lowest BCUT2D eigenvalue weighted by molar-refractivity contribution is 0.118. The van der Waals surface area contributed by atoms with Crippen molar-refractivity contribution >= 4 is 21.6 Å². The van der Waals surface area contributed by atoms with Crippen LogP contribution in [-0.4, -0.2) is 22.8 Å². The highest BCUT2D eigenvalue weighted by atomic mass is 32.1. The van der Waals surface area contributed by atoms with Gasteiger partial charge in [-0.3, -0.25) is 0 Å². The van der Waals surface area contributed by atoms with E-state index in [0.29, 0.717) is 6.61 Å². The van der Waals surface area contributed by atoms with Crippen LogP contribution in [0, 0.1) is 0 Å². The zero-order chi connectivity index (χ0) is 13.3. The number of nitrogens with zero attached hydrogens (tertiary/aromatic N) is 1. The Balaban J connectivity index is 2.44. The van der Waals surface area contributed by atoms with Gasteiger partial charge in [-0.15, -0.1) is 11.3 Å². The van der Waals surface area contributed by atoms with Crippen LogP contribution in [0.2, 0.25) is 0 Å². The molecule has 3 nitrogen and oxygen atoms in total. The molecule has 0 fully saturated rings. The summed E-state index contributed by atoms with van der Waals surface area (Å²) >= 11 is 1.62. The van der Waals surface area contributed by atoms with Gasteiger partial charge in [0.25, 0.3) is 0 Å². The zero-order valence-electron chi connectivity index (χ0n) is 11.2. The summed E-state index contributed by atoms with van der Waals surface area (Å²) in [5.74, 6) is 0.870. The third-order valence-electron chi connectivity index (χ3n) is 3.27. The number of rotatable bonds is 4. The summed E-state index contributed by atoms with van der Waals surface area (Å²) < 4.78 is 6.59. The van der Waals surface area contributed by atoms with E-state index in [1.165, 1.54) is 0 Å². The van der Waals surface area contributed by atoms with E-state index < -0.39 is 6.10 Å². The Morgan fingerprint density at radius 2 is 2.17 bits per heavy atom. The van der Waals surface area contributed by atoms with Gasteiger partial charge in [0.2, 0.25) is 0 Å². The molecule has 4 heteroatoms. The molecule has 0 saturated carbocycles. The van der Waals surface area contributed by atoms with Crippen LogP contribution < -0.4 is 4.74 Å². The molecule has 0 amide bonds. The molecule has 98 valence electrons. The summed E-state index contributed by atoms with van der Waals surface area (Å²) in [5, 5.41) is 10.8. The first-order chi connectivity index (χ1) is 8.45. The second-order valence-corrected chi connectivity index (χ2v) is 6.01. The van der Waals surface area contributed by atoms with Gasteiger partial charge in [-0.2, -0.15) is 0 Å². The lowest BCUT2D eigenvalue weighted by Gasteiger charge is -2.24. The minimum atomic E-state index is -0.426. The molecule has 1 atom stereocenters. The molecule has 0 aliphatic carbocycles. The van der Waals surface area contributed by atoms with E-state index in [0.717, 1.165) is 21.0 Å². The van der Waals surface area contributed by atoms with Crippen LogP contribution in [0.1, 0.15) is 32.7 Å². The third-order valence-corrected chi connectivity index (χ3v) is 4.62. The molecule has 2 aromatic rings. The van der Waals surface area contributed by atoms with E-state index >= 15 is 0 Å². The monoisotopic (exact) mass is 265 g/mol.